The van der Waals surface area contributed by atoms with Gasteiger partial charge in [0.25, 0.3) is 0 Å². The maximum Gasteiger partial charge on any atom is 0.321 e. The number of ether oxygens (including phenoxy) is 3. The molecule has 1 heterocycles. The molecule has 124 valence electrons. The van der Waals surface area contributed by atoms with Gasteiger partial charge in [-0.15, -0.1) is 0 Å². The highest BCUT2D eigenvalue weighted by Crippen LogP contribution is 2.44. The fourth-order valence-corrected chi connectivity index (χ4v) is 3.16. The van der Waals surface area contributed by atoms with Crippen LogP contribution in [0.3, 0.4) is 0 Å². The van der Waals surface area contributed by atoms with E-state index >= 15 is 0 Å². The second-order valence-electron chi connectivity index (χ2n) is 5.50. The number of hydrogen-bond acceptors (Lipinski definition) is 5. The Labute approximate surface area is 143 Å². The molecule has 0 bridgehead atoms. The summed E-state index contributed by atoms with van der Waals surface area (Å²) < 4.78 is 16.3. The molecule has 0 fully saturated rings. The summed E-state index contributed by atoms with van der Waals surface area (Å²) >= 11 is 3.43. The smallest absolute Gasteiger partial charge is 0.321 e. The number of allylic oxidation sites excluding steroid dienone is 1. The van der Waals surface area contributed by atoms with Gasteiger partial charge < -0.3 is 14.2 Å². The van der Waals surface area contributed by atoms with Crippen molar-refractivity contribution in [3.05, 3.63) is 39.4 Å². The third-order valence-corrected chi connectivity index (χ3v) is 4.44. The van der Waals surface area contributed by atoms with E-state index in [9.17, 15) is 9.59 Å². The van der Waals surface area contributed by atoms with Crippen LogP contribution in [0.2, 0.25) is 0 Å². The maximum absolute atomic E-state index is 12.3. The minimum Gasteiger partial charge on any atom is -0.489 e. The van der Waals surface area contributed by atoms with Crippen molar-refractivity contribution in [2.75, 3.05) is 20.8 Å². The van der Waals surface area contributed by atoms with Crippen LogP contribution in [-0.4, -0.2) is 32.8 Å². The van der Waals surface area contributed by atoms with Gasteiger partial charge in [-0.05, 0) is 37.6 Å². The molecule has 0 aliphatic carbocycles. The van der Waals surface area contributed by atoms with E-state index in [1.807, 2.05) is 32.0 Å². The van der Waals surface area contributed by atoms with Crippen LogP contribution in [0.15, 0.2) is 33.8 Å². The van der Waals surface area contributed by atoms with E-state index in [-0.39, 0.29) is 0 Å². The summed E-state index contributed by atoms with van der Waals surface area (Å²) in [5.41, 5.74) is 2.65. The zero-order valence-corrected chi connectivity index (χ0v) is 15.1. The first-order valence-electron chi connectivity index (χ1n) is 7.14. The molecule has 0 radical (unpaired) electrons. The molecule has 1 aromatic rings. The summed E-state index contributed by atoms with van der Waals surface area (Å²) in [4.78, 5) is 24.6. The topological polar surface area (TPSA) is 61.8 Å². The van der Waals surface area contributed by atoms with Crippen molar-refractivity contribution >= 4 is 27.9 Å². The van der Waals surface area contributed by atoms with Crippen molar-refractivity contribution in [2.24, 2.45) is 5.92 Å². The van der Waals surface area contributed by atoms with Crippen molar-refractivity contribution < 1.29 is 23.8 Å². The molecule has 0 unspecified atom stereocenters. The highest BCUT2D eigenvalue weighted by Gasteiger charge is 2.43. The predicted molar refractivity (Wildman–Crippen MR) is 88.3 cm³/mol. The van der Waals surface area contributed by atoms with Crippen LogP contribution >= 0.6 is 15.9 Å². The second-order valence-corrected chi connectivity index (χ2v) is 6.41. The lowest BCUT2D eigenvalue weighted by molar-refractivity contribution is -0.159. The molecular weight excluding hydrogens is 364 g/mol. The van der Waals surface area contributed by atoms with Crippen molar-refractivity contribution in [2.45, 2.75) is 19.8 Å². The Morgan fingerprint density at radius 3 is 2.35 bits per heavy atom. The van der Waals surface area contributed by atoms with Crippen LogP contribution in [-0.2, 0) is 19.1 Å². The van der Waals surface area contributed by atoms with Crippen molar-refractivity contribution in [1.29, 1.82) is 0 Å². The number of halogens is 1. The lowest BCUT2D eigenvalue weighted by Crippen LogP contribution is -2.36. The van der Waals surface area contributed by atoms with Gasteiger partial charge in [-0.1, -0.05) is 21.5 Å². The monoisotopic (exact) mass is 382 g/mol. The minimum atomic E-state index is -1.06. The van der Waals surface area contributed by atoms with Gasteiger partial charge in [0.2, 0.25) is 0 Å². The van der Waals surface area contributed by atoms with E-state index in [0.29, 0.717) is 12.4 Å². The molecule has 0 N–H and O–H groups in total. The number of hydrogen-bond donors (Lipinski definition) is 0. The number of esters is 2. The van der Waals surface area contributed by atoms with E-state index < -0.39 is 23.8 Å². The van der Waals surface area contributed by atoms with E-state index in [1.54, 1.807) is 0 Å². The fourth-order valence-electron chi connectivity index (χ4n) is 2.79. The van der Waals surface area contributed by atoms with E-state index in [1.165, 1.54) is 14.2 Å². The summed E-state index contributed by atoms with van der Waals surface area (Å²) in [5.74, 6) is -2.11. The number of rotatable bonds is 3. The molecule has 1 atom stereocenters. The number of carbonyl (C=O) groups is 2. The van der Waals surface area contributed by atoms with Crippen LogP contribution in [0.4, 0.5) is 0 Å². The summed E-state index contributed by atoms with van der Waals surface area (Å²) in [6.07, 6.45) is 0. The number of benzene rings is 1. The molecule has 0 saturated heterocycles. The molecule has 0 amide bonds. The molecule has 1 aliphatic heterocycles. The van der Waals surface area contributed by atoms with Gasteiger partial charge in [0.05, 0.1) is 14.2 Å². The second kappa shape index (κ2) is 7.17. The molecule has 5 nitrogen and oxygen atoms in total. The highest BCUT2D eigenvalue weighted by molar-refractivity contribution is 9.10. The van der Waals surface area contributed by atoms with Gasteiger partial charge >= 0.3 is 11.9 Å². The average Bonchev–Trinajstić information content (AvgIpc) is 2.54. The van der Waals surface area contributed by atoms with Crippen LogP contribution in [0.1, 0.15) is 25.3 Å². The van der Waals surface area contributed by atoms with Crippen LogP contribution in [0.25, 0.3) is 0 Å². The third kappa shape index (κ3) is 3.42. The van der Waals surface area contributed by atoms with Gasteiger partial charge in [0, 0.05) is 16.0 Å². The normalized spacial score (nSPS) is 16.4. The van der Waals surface area contributed by atoms with E-state index in [0.717, 1.165) is 21.2 Å². The number of carbonyl (C=O) groups excluding carboxylic acids is 2. The Hall–Kier alpha value is -1.82. The Morgan fingerprint density at radius 1 is 1.22 bits per heavy atom. The van der Waals surface area contributed by atoms with Crippen molar-refractivity contribution in [3.63, 3.8) is 0 Å². The molecule has 1 aliphatic rings. The summed E-state index contributed by atoms with van der Waals surface area (Å²) in [6.45, 7) is 4.19. The molecule has 6 heteroatoms. The minimum absolute atomic E-state index is 0.326. The Kier molecular flexibility index (Phi) is 5.46. The maximum atomic E-state index is 12.3. The highest BCUT2D eigenvalue weighted by atomic mass is 79.9. The van der Waals surface area contributed by atoms with Gasteiger partial charge in [0.1, 0.15) is 12.4 Å². The number of fused-ring (bicyclic) bond motifs is 1. The molecule has 0 spiro atoms. The van der Waals surface area contributed by atoms with Gasteiger partial charge in [-0.25, -0.2) is 0 Å². The van der Waals surface area contributed by atoms with Gasteiger partial charge in [0.15, 0.2) is 5.92 Å². The fraction of sp³-hybridized carbons (Fsp3) is 0.412. The summed E-state index contributed by atoms with van der Waals surface area (Å²) in [5, 5.41) is 0. The average molecular weight is 383 g/mol. The molecule has 0 saturated carbocycles. The van der Waals surface area contributed by atoms with E-state index in [4.69, 9.17) is 14.2 Å². The van der Waals surface area contributed by atoms with Gasteiger partial charge in [-0.2, -0.15) is 0 Å². The Balaban J connectivity index is 2.66. The Bertz CT molecular complexity index is 645. The van der Waals surface area contributed by atoms with Crippen molar-refractivity contribution in [1.82, 2.24) is 0 Å². The lowest BCUT2D eigenvalue weighted by atomic mass is 9.77. The first-order chi connectivity index (χ1) is 10.9. The summed E-state index contributed by atoms with van der Waals surface area (Å²) in [7, 11) is 2.53. The largest absolute Gasteiger partial charge is 0.489 e. The third-order valence-electron chi connectivity index (χ3n) is 3.95. The van der Waals surface area contributed by atoms with Gasteiger partial charge in [-0.3, -0.25) is 9.59 Å². The van der Waals surface area contributed by atoms with Crippen LogP contribution in [0.5, 0.6) is 5.75 Å². The first kappa shape index (κ1) is 17.5. The SMILES string of the molecule is COC(=O)C(C(=O)OC)[C@H]1C(=C(C)C)COc2ccc(Br)cc21. The zero-order valence-electron chi connectivity index (χ0n) is 13.5. The standard InChI is InChI=1S/C17H19BrO5/c1-9(2)12-8-23-13-6-5-10(18)7-11(13)14(12)15(16(19)21-3)17(20)22-4/h5-7,14-15H,8H2,1-4H3/t14-/m1/s1. The molecule has 23 heavy (non-hydrogen) atoms. The lowest BCUT2D eigenvalue weighted by Gasteiger charge is -2.33. The Morgan fingerprint density at radius 2 is 1.83 bits per heavy atom. The molecule has 2 rings (SSSR count). The van der Waals surface area contributed by atoms with Crippen LogP contribution in [0, 0.1) is 5.92 Å². The van der Waals surface area contributed by atoms with E-state index in [2.05, 4.69) is 15.9 Å². The molecular formula is C17H19BrO5. The first-order valence-corrected chi connectivity index (χ1v) is 7.94. The van der Waals surface area contributed by atoms with Crippen molar-refractivity contribution in [3.8, 4) is 5.75 Å². The number of methoxy groups -OCH3 is 2. The molecule has 1 aromatic carbocycles. The zero-order chi connectivity index (χ0) is 17.1. The summed E-state index contributed by atoms with van der Waals surface area (Å²) in [6, 6.07) is 5.54. The van der Waals surface area contributed by atoms with Crippen LogP contribution < -0.4 is 4.74 Å². The quantitative estimate of drug-likeness (QED) is 0.456. The predicted octanol–water partition coefficient (Wildman–Crippen LogP) is 3.22. The molecule has 0 aromatic heterocycles.